The van der Waals surface area contributed by atoms with Crippen molar-refractivity contribution in [1.29, 1.82) is 0 Å². The van der Waals surface area contributed by atoms with Crippen molar-refractivity contribution in [1.82, 2.24) is 10.2 Å². The first kappa shape index (κ1) is 18.6. The maximum Gasteiger partial charge on any atom is 0.489 e. The number of nitrogens with zero attached hydrogens (tertiary/aromatic N) is 2. The van der Waals surface area contributed by atoms with Gasteiger partial charge in [-0.2, -0.15) is 13.2 Å². The summed E-state index contributed by atoms with van der Waals surface area (Å²) in [6.07, 6.45) is -4.73. The maximum absolute atomic E-state index is 13.0. The largest absolute Gasteiger partial charge is 0.489 e. The van der Waals surface area contributed by atoms with Crippen LogP contribution in [0.1, 0.15) is 5.56 Å². The Labute approximate surface area is 150 Å². The number of rotatable bonds is 4. The predicted molar refractivity (Wildman–Crippen MR) is 90.9 cm³/mol. The lowest BCUT2D eigenvalue weighted by Gasteiger charge is -2.14. The number of ether oxygens (including phenoxy) is 1. The molecular weight excluding hydrogens is 366 g/mol. The summed E-state index contributed by atoms with van der Waals surface area (Å²) in [5.41, 5.74) is 5.20. The molecular formula is C16H11BF3N3O4. The first-order chi connectivity index (χ1) is 12.7. The number of carbonyl (C=O) groups excluding carboxylic acids is 1. The molecule has 0 aliphatic carbocycles. The zero-order chi connectivity index (χ0) is 19.8. The summed E-state index contributed by atoms with van der Waals surface area (Å²) in [4.78, 5) is 10.4. The SMILES string of the molecule is Nc1c(OC=O)nnc2cc(-c3ccc(C(F)(F)F)c(B(O)O)c3)ccc12. The van der Waals surface area contributed by atoms with Crippen LogP contribution in [0.15, 0.2) is 36.4 Å². The van der Waals surface area contributed by atoms with Crippen molar-refractivity contribution in [3.05, 3.63) is 42.0 Å². The molecule has 27 heavy (non-hydrogen) atoms. The van der Waals surface area contributed by atoms with Crippen molar-refractivity contribution in [3.8, 4) is 17.0 Å². The van der Waals surface area contributed by atoms with E-state index in [1.807, 2.05) is 0 Å². The Morgan fingerprint density at radius 2 is 1.74 bits per heavy atom. The Bertz CT molecular complexity index is 1030. The van der Waals surface area contributed by atoms with Gasteiger partial charge in [0.1, 0.15) is 5.69 Å². The zero-order valence-electron chi connectivity index (χ0n) is 13.4. The summed E-state index contributed by atoms with van der Waals surface area (Å²) >= 11 is 0. The molecule has 0 radical (unpaired) electrons. The van der Waals surface area contributed by atoms with Gasteiger partial charge in [0, 0.05) is 5.39 Å². The lowest BCUT2D eigenvalue weighted by Crippen LogP contribution is -2.36. The first-order valence-corrected chi connectivity index (χ1v) is 7.46. The molecule has 3 rings (SSSR count). The van der Waals surface area contributed by atoms with E-state index in [0.717, 1.165) is 12.1 Å². The average molecular weight is 377 g/mol. The fourth-order valence-corrected chi connectivity index (χ4v) is 2.64. The molecule has 0 spiro atoms. The van der Waals surface area contributed by atoms with E-state index in [0.29, 0.717) is 22.0 Å². The average Bonchev–Trinajstić information content (AvgIpc) is 2.62. The molecule has 0 atom stereocenters. The number of benzene rings is 2. The quantitative estimate of drug-likeness (QED) is 0.461. The lowest BCUT2D eigenvalue weighted by atomic mass is 9.75. The van der Waals surface area contributed by atoms with Gasteiger partial charge in [-0.15, -0.1) is 10.2 Å². The molecule has 0 fully saturated rings. The number of hydrogen-bond acceptors (Lipinski definition) is 7. The predicted octanol–water partition coefficient (Wildman–Crippen LogP) is 1.11. The van der Waals surface area contributed by atoms with E-state index in [-0.39, 0.29) is 18.0 Å². The third kappa shape index (κ3) is 3.55. The number of nitrogen functional groups attached to an aromatic ring is 1. The fraction of sp³-hybridized carbons (Fsp3) is 0.0625. The zero-order valence-corrected chi connectivity index (χ0v) is 13.4. The number of hydrogen-bond donors (Lipinski definition) is 3. The van der Waals surface area contributed by atoms with Crippen LogP contribution in [0.4, 0.5) is 18.9 Å². The maximum atomic E-state index is 13.0. The van der Waals surface area contributed by atoms with Crippen molar-refractivity contribution in [2.24, 2.45) is 0 Å². The fourth-order valence-electron chi connectivity index (χ4n) is 2.64. The minimum absolute atomic E-state index is 0.0811. The van der Waals surface area contributed by atoms with Crippen LogP contribution >= 0.6 is 0 Å². The number of alkyl halides is 3. The molecule has 2 aromatic carbocycles. The van der Waals surface area contributed by atoms with Gasteiger partial charge in [0.2, 0.25) is 0 Å². The first-order valence-electron chi connectivity index (χ1n) is 7.46. The highest BCUT2D eigenvalue weighted by Gasteiger charge is 2.36. The molecule has 4 N–H and O–H groups in total. The van der Waals surface area contributed by atoms with Crippen LogP contribution < -0.4 is 15.9 Å². The van der Waals surface area contributed by atoms with Crippen molar-refractivity contribution in [3.63, 3.8) is 0 Å². The van der Waals surface area contributed by atoms with Crippen LogP contribution in [0.3, 0.4) is 0 Å². The molecule has 0 aliphatic rings. The molecule has 1 aromatic heterocycles. The van der Waals surface area contributed by atoms with Gasteiger partial charge in [-0.25, -0.2) is 0 Å². The van der Waals surface area contributed by atoms with Crippen molar-refractivity contribution >= 4 is 35.6 Å². The van der Waals surface area contributed by atoms with Crippen LogP contribution in [-0.2, 0) is 11.0 Å². The molecule has 138 valence electrons. The minimum atomic E-state index is -4.73. The molecule has 0 unspecified atom stereocenters. The van der Waals surface area contributed by atoms with Gasteiger partial charge in [-0.3, -0.25) is 4.79 Å². The summed E-state index contributed by atoms with van der Waals surface area (Å²) in [5, 5.41) is 26.6. The Kier molecular flexibility index (Phi) is 4.73. The molecule has 7 nitrogen and oxygen atoms in total. The number of fused-ring (bicyclic) bond motifs is 1. The summed E-state index contributed by atoms with van der Waals surface area (Å²) in [6.45, 7) is 0.157. The van der Waals surface area contributed by atoms with Gasteiger partial charge < -0.3 is 20.5 Å². The Morgan fingerprint density at radius 3 is 2.37 bits per heavy atom. The molecule has 0 saturated carbocycles. The van der Waals surface area contributed by atoms with E-state index in [1.54, 1.807) is 12.1 Å². The van der Waals surface area contributed by atoms with Crippen molar-refractivity contribution in [2.45, 2.75) is 6.18 Å². The summed E-state index contributed by atoms with van der Waals surface area (Å²) in [7, 11) is -2.29. The smallest absolute Gasteiger partial charge is 0.423 e. The summed E-state index contributed by atoms with van der Waals surface area (Å²) in [6, 6.07) is 7.63. The third-order valence-corrected chi connectivity index (χ3v) is 3.90. The normalized spacial score (nSPS) is 11.4. The molecule has 0 bridgehead atoms. The van der Waals surface area contributed by atoms with Gasteiger partial charge in [0.05, 0.1) is 11.1 Å². The summed E-state index contributed by atoms with van der Waals surface area (Å²) < 4.78 is 43.6. The lowest BCUT2D eigenvalue weighted by molar-refractivity contribution is -0.136. The monoisotopic (exact) mass is 377 g/mol. The van der Waals surface area contributed by atoms with Gasteiger partial charge in [0.15, 0.2) is 0 Å². The minimum Gasteiger partial charge on any atom is -0.423 e. The summed E-state index contributed by atoms with van der Waals surface area (Å²) in [5.74, 6) is -0.162. The number of anilines is 1. The van der Waals surface area contributed by atoms with Gasteiger partial charge in [-0.05, 0) is 34.8 Å². The number of carbonyl (C=O) groups is 1. The third-order valence-electron chi connectivity index (χ3n) is 3.90. The highest BCUT2D eigenvalue weighted by Crippen LogP contribution is 2.32. The van der Waals surface area contributed by atoms with Crippen LogP contribution in [-0.4, -0.2) is 33.8 Å². The highest BCUT2D eigenvalue weighted by atomic mass is 19.4. The Hall–Kier alpha value is -3.18. The second-order valence-corrected chi connectivity index (χ2v) is 5.54. The molecule has 1 heterocycles. The molecule has 3 aromatic rings. The molecule has 0 saturated heterocycles. The van der Waals surface area contributed by atoms with Crippen molar-refractivity contribution in [2.75, 3.05) is 5.73 Å². The van der Waals surface area contributed by atoms with E-state index >= 15 is 0 Å². The standard InChI is InChI=1S/C16H11BF3N3O4/c18-16(19,20)11-4-2-8(5-12(11)17(25)26)9-1-3-10-13(6-9)22-23-15(14(10)21)27-7-24/h1-7,25-26H,(H2,21,22). The van der Waals surface area contributed by atoms with E-state index in [4.69, 9.17) is 5.73 Å². The van der Waals surface area contributed by atoms with Crippen LogP contribution in [0.5, 0.6) is 5.88 Å². The highest BCUT2D eigenvalue weighted by molar-refractivity contribution is 6.59. The van der Waals surface area contributed by atoms with E-state index < -0.39 is 24.3 Å². The molecule has 0 aliphatic heterocycles. The second-order valence-electron chi connectivity index (χ2n) is 5.54. The van der Waals surface area contributed by atoms with Crippen LogP contribution in [0.2, 0.25) is 0 Å². The van der Waals surface area contributed by atoms with E-state index in [9.17, 15) is 28.0 Å². The van der Waals surface area contributed by atoms with Crippen LogP contribution in [0.25, 0.3) is 22.0 Å². The number of nitrogens with two attached hydrogens (primary N) is 1. The Morgan fingerprint density at radius 1 is 1.07 bits per heavy atom. The molecule has 0 amide bonds. The van der Waals surface area contributed by atoms with Gasteiger partial charge >= 0.3 is 13.3 Å². The Balaban J connectivity index is 2.11. The second kappa shape index (κ2) is 6.85. The van der Waals surface area contributed by atoms with Gasteiger partial charge in [0.25, 0.3) is 12.4 Å². The topological polar surface area (TPSA) is 119 Å². The number of halogens is 3. The van der Waals surface area contributed by atoms with E-state index in [2.05, 4.69) is 14.9 Å². The van der Waals surface area contributed by atoms with Crippen molar-refractivity contribution < 1.29 is 32.8 Å². The molecule has 11 heteroatoms. The van der Waals surface area contributed by atoms with E-state index in [1.165, 1.54) is 12.1 Å². The van der Waals surface area contributed by atoms with Crippen LogP contribution in [0, 0.1) is 0 Å². The number of aromatic nitrogens is 2. The van der Waals surface area contributed by atoms with Gasteiger partial charge in [-0.1, -0.05) is 18.2 Å².